The summed E-state index contributed by atoms with van der Waals surface area (Å²) in [5, 5.41) is 4.25. The fourth-order valence-electron chi connectivity index (χ4n) is 3.27. The minimum atomic E-state index is -0.412. The molecule has 0 saturated carbocycles. The fraction of sp³-hybridized carbons (Fsp3) is 0. The summed E-state index contributed by atoms with van der Waals surface area (Å²) in [4.78, 5) is 35.4. The van der Waals surface area contributed by atoms with Crippen molar-refractivity contribution in [3.8, 4) is 0 Å². The molecular weight excluding hydrogens is 316 g/mol. The van der Waals surface area contributed by atoms with Crippen LogP contribution in [0.25, 0.3) is 33.1 Å². The first-order valence-corrected chi connectivity index (χ1v) is 7.83. The second-order valence-corrected chi connectivity index (χ2v) is 5.93. The topological polar surface area (TPSA) is 90.6 Å². The second kappa shape index (κ2) is 4.91. The molecule has 0 radical (unpaired) electrons. The average Bonchev–Trinajstić information content (AvgIpc) is 3.28. The number of para-hydroxylation sites is 1. The third-order valence-corrected chi connectivity index (χ3v) is 4.39. The summed E-state index contributed by atoms with van der Waals surface area (Å²) in [6.07, 6.45) is 1.68. The summed E-state index contributed by atoms with van der Waals surface area (Å²) < 4.78 is 0. The first kappa shape index (κ1) is 13.7. The van der Waals surface area contributed by atoms with Gasteiger partial charge in [-0.2, -0.15) is 0 Å². The predicted octanol–water partition coefficient (Wildman–Crippen LogP) is 2.61. The zero-order valence-electron chi connectivity index (χ0n) is 13.0. The minimum absolute atomic E-state index is 0.328. The lowest BCUT2D eigenvalue weighted by Crippen LogP contribution is -2.22. The van der Waals surface area contributed by atoms with E-state index in [9.17, 15) is 9.59 Å². The van der Waals surface area contributed by atoms with E-state index in [1.807, 2.05) is 48.5 Å². The number of rotatable bonds is 2. The van der Waals surface area contributed by atoms with E-state index in [1.54, 1.807) is 6.20 Å². The van der Waals surface area contributed by atoms with Gasteiger partial charge in [-0.15, -0.1) is 0 Å². The van der Waals surface area contributed by atoms with Crippen molar-refractivity contribution in [3.63, 3.8) is 0 Å². The van der Waals surface area contributed by atoms with Crippen LogP contribution in [0.5, 0.6) is 0 Å². The Morgan fingerprint density at radius 2 is 1.44 bits per heavy atom. The largest absolute Gasteiger partial charge is 0.354 e. The molecule has 1 aliphatic heterocycles. The normalized spacial score (nSPS) is 14.7. The third-order valence-electron chi connectivity index (χ3n) is 4.39. The van der Waals surface area contributed by atoms with Gasteiger partial charge in [-0.25, -0.2) is 4.98 Å². The number of aromatic amines is 2. The molecule has 3 aromatic heterocycles. The molecule has 0 spiro atoms. The van der Waals surface area contributed by atoms with Gasteiger partial charge in [0.05, 0.1) is 22.5 Å². The summed E-state index contributed by atoms with van der Waals surface area (Å²) in [7, 11) is 0. The molecule has 4 heterocycles. The van der Waals surface area contributed by atoms with Crippen molar-refractivity contribution in [1.29, 1.82) is 0 Å². The molecule has 3 N–H and O–H groups in total. The molecule has 5 rings (SSSR count). The molecule has 1 aliphatic rings. The summed E-state index contributed by atoms with van der Waals surface area (Å²) in [5.74, 6) is -0.816. The Hall–Kier alpha value is -3.67. The molecule has 0 unspecified atom stereocenters. The van der Waals surface area contributed by atoms with Crippen LogP contribution in [0.2, 0.25) is 0 Å². The summed E-state index contributed by atoms with van der Waals surface area (Å²) in [6, 6.07) is 15.2. The molecule has 0 aliphatic carbocycles. The van der Waals surface area contributed by atoms with E-state index < -0.39 is 11.8 Å². The standard InChI is InChI=1S/C19H12N4O2/c24-18-15(13-8-10-4-1-2-6-12(10)21-13)16(19(25)23-18)14-9-11-5-3-7-20-17(11)22-14/h1-9,21H,(H,20,22)(H,23,24,25). The molecule has 1 aromatic carbocycles. The van der Waals surface area contributed by atoms with E-state index in [0.717, 1.165) is 16.3 Å². The Morgan fingerprint density at radius 3 is 2.20 bits per heavy atom. The summed E-state index contributed by atoms with van der Waals surface area (Å²) >= 11 is 0. The Morgan fingerprint density at radius 1 is 0.760 bits per heavy atom. The van der Waals surface area contributed by atoms with Crippen LogP contribution < -0.4 is 5.32 Å². The number of aromatic nitrogens is 3. The smallest absolute Gasteiger partial charge is 0.261 e. The molecular formula is C19H12N4O2. The Bertz CT molecular complexity index is 1050. The highest BCUT2D eigenvalue weighted by Gasteiger charge is 2.34. The van der Waals surface area contributed by atoms with Gasteiger partial charge < -0.3 is 9.97 Å². The molecule has 0 bridgehead atoms. The maximum absolute atomic E-state index is 12.4. The van der Waals surface area contributed by atoms with Gasteiger partial charge in [0, 0.05) is 22.5 Å². The highest BCUT2D eigenvalue weighted by Crippen LogP contribution is 2.33. The SMILES string of the molecule is O=C1NC(=O)C(c2cc3cccnc3[nH]2)=C1c1cc2ccccc2[nH]1. The number of amides is 2. The van der Waals surface area contributed by atoms with Crippen molar-refractivity contribution in [1.82, 2.24) is 20.3 Å². The van der Waals surface area contributed by atoms with Gasteiger partial charge in [0.25, 0.3) is 11.8 Å². The van der Waals surface area contributed by atoms with Gasteiger partial charge in [0.15, 0.2) is 0 Å². The maximum atomic E-state index is 12.4. The lowest BCUT2D eigenvalue weighted by molar-refractivity contribution is -0.122. The van der Waals surface area contributed by atoms with Crippen molar-refractivity contribution in [3.05, 3.63) is 66.1 Å². The van der Waals surface area contributed by atoms with Gasteiger partial charge in [-0.1, -0.05) is 18.2 Å². The molecule has 0 saturated heterocycles. The number of carbonyl (C=O) groups excluding carboxylic acids is 2. The molecule has 4 aromatic rings. The van der Waals surface area contributed by atoms with Gasteiger partial charge in [-0.3, -0.25) is 14.9 Å². The minimum Gasteiger partial charge on any atom is -0.354 e. The number of H-pyrrole nitrogens is 2. The van der Waals surface area contributed by atoms with Crippen molar-refractivity contribution >= 4 is 44.9 Å². The monoisotopic (exact) mass is 328 g/mol. The number of hydrogen-bond acceptors (Lipinski definition) is 3. The van der Waals surface area contributed by atoms with Crippen molar-refractivity contribution in [2.45, 2.75) is 0 Å². The van der Waals surface area contributed by atoms with Crippen LogP contribution in [0.1, 0.15) is 11.4 Å². The van der Waals surface area contributed by atoms with E-state index in [1.165, 1.54) is 0 Å². The molecule has 0 fully saturated rings. The van der Waals surface area contributed by atoms with Crippen LogP contribution in [-0.4, -0.2) is 26.8 Å². The number of pyridine rings is 1. The average molecular weight is 328 g/mol. The number of carbonyl (C=O) groups is 2. The molecule has 25 heavy (non-hydrogen) atoms. The van der Waals surface area contributed by atoms with Crippen LogP contribution in [0.3, 0.4) is 0 Å². The maximum Gasteiger partial charge on any atom is 0.261 e. The van der Waals surface area contributed by atoms with Gasteiger partial charge in [-0.05, 0) is 30.3 Å². The lowest BCUT2D eigenvalue weighted by Gasteiger charge is -1.99. The van der Waals surface area contributed by atoms with E-state index in [-0.39, 0.29) is 0 Å². The predicted molar refractivity (Wildman–Crippen MR) is 94.4 cm³/mol. The molecule has 2 amide bonds. The number of hydrogen-bond donors (Lipinski definition) is 3. The number of nitrogens with zero attached hydrogens (tertiary/aromatic N) is 1. The Labute approximate surface area is 141 Å². The van der Waals surface area contributed by atoms with E-state index in [4.69, 9.17) is 0 Å². The van der Waals surface area contributed by atoms with Gasteiger partial charge >= 0.3 is 0 Å². The number of benzene rings is 1. The first-order valence-electron chi connectivity index (χ1n) is 7.83. The van der Waals surface area contributed by atoms with Gasteiger partial charge in [0.2, 0.25) is 0 Å². The molecule has 120 valence electrons. The quantitative estimate of drug-likeness (QED) is 0.494. The van der Waals surface area contributed by atoms with Crippen molar-refractivity contribution in [2.24, 2.45) is 0 Å². The van der Waals surface area contributed by atoms with Crippen LogP contribution in [0.15, 0.2) is 54.7 Å². The lowest BCUT2D eigenvalue weighted by atomic mass is 10.0. The second-order valence-electron chi connectivity index (χ2n) is 5.93. The molecule has 0 atom stereocenters. The van der Waals surface area contributed by atoms with E-state index >= 15 is 0 Å². The zero-order valence-corrected chi connectivity index (χ0v) is 13.0. The summed E-state index contributed by atoms with van der Waals surface area (Å²) in [5.41, 5.74) is 3.45. The molecule has 6 heteroatoms. The van der Waals surface area contributed by atoms with E-state index in [0.29, 0.717) is 28.2 Å². The van der Waals surface area contributed by atoms with E-state index in [2.05, 4.69) is 20.3 Å². The Balaban J connectivity index is 1.77. The first-order chi connectivity index (χ1) is 12.2. The third kappa shape index (κ3) is 2.01. The number of imide groups is 1. The fourth-order valence-corrected chi connectivity index (χ4v) is 3.27. The zero-order chi connectivity index (χ0) is 17.0. The highest BCUT2D eigenvalue weighted by atomic mass is 16.2. The van der Waals surface area contributed by atoms with Crippen LogP contribution in [0, 0.1) is 0 Å². The Kier molecular flexibility index (Phi) is 2.70. The van der Waals surface area contributed by atoms with Crippen LogP contribution in [-0.2, 0) is 9.59 Å². The number of nitrogens with one attached hydrogen (secondary N) is 3. The van der Waals surface area contributed by atoms with Crippen molar-refractivity contribution < 1.29 is 9.59 Å². The van der Waals surface area contributed by atoms with Crippen LogP contribution >= 0.6 is 0 Å². The van der Waals surface area contributed by atoms with Crippen LogP contribution in [0.4, 0.5) is 0 Å². The number of fused-ring (bicyclic) bond motifs is 2. The van der Waals surface area contributed by atoms with Gasteiger partial charge in [0.1, 0.15) is 5.65 Å². The molecule has 6 nitrogen and oxygen atoms in total. The van der Waals surface area contributed by atoms with Crippen molar-refractivity contribution in [2.75, 3.05) is 0 Å². The summed E-state index contributed by atoms with van der Waals surface area (Å²) in [6.45, 7) is 0. The highest BCUT2D eigenvalue weighted by molar-refractivity contribution is 6.49.